The van der Waals surface area contributed by atoms with Crippen LogP contribution in [0, 0.1) is 0 Å². The Morgan fingerprint density at radius 3 is 2.90 bits per heavy atom. The summed E-state index contributed by atoms with van der Waals surface area (Å²) in [5.41, 5.74) is 9.60. The van der Waals surface area contributed by atoms with Gasteiger partial charge in [0.2, 0.25) is 0 Å². The van der Waals surface area contributed by atoms with E-state index in [4.69, 9.17) is 10.5 Å². The smallest absolute Gasteiger partial charge is 0.124 e. The van der Waals surface area contributed by atoms with E-state index in [1.165, 1.54) is 17.5 Å². The van der Waals surface area contributed by atoms with Gasteiger partial charge in [0.05, 0.1) is 0 Å². The second-order valence-electron chi connectivity index (χ2n) is 5.15. The minimum Gasteiger partial charge on any atom is -0.485 e. The highest BCUT2D eigenvalue weighted by Crippen LogP contribution is 2.35. The van der Waals surface area contributed by atoms with Crippen LogP contribution in [-0.2, 0) is 13.0 Å². The number of nitrogens with two attached hydrogens (primary N) is 1. The van der Waals surface area contributed by atoms with E-state index in [-0.39, 0.29) is 6.10 Å². The molecule has 2 N–H and O–H groups in total. The first kappa shape index (κ1) is 13.7. The Labute approximate surface area is 128 Å². The van der Waals surface area contributed by atoms with Gasteiger partial charge in [-0.25, -0.2) is 0 Å². The third kappa shape index (κ3) is 2.74. The van der Waals surface area contributed by atoms with Gasteiger partial charge < -0.3 is 10.5 Å². The van der Waals surface area contributed by atoms with Crippen molar-refractivity contribution in [2.75, 3.05) is 0 Å². The Bertz CT molecular complexity index is 612. The van der Waals surface area contributed by atoms with Crippen LogP contribution in [0.25, 0.3) is 0 Å². The maximum atomic E-state index is 6.26. The first-order valence-electron chi connectivity index (χ1n) is 7.01. The fraction of sp³-hybridized carbons (Fsp3) is 0.294. The highest BCUT2D eigenvalue weighted by molar-refractivity contribution is 9.10. The number of hydrogen-bond acceptors (Lipinski definition) is 2. The van der Waals surface area contributed by atoms with Crippen molar-refractivity contribution >= 4 is 15.9 Å². The average molecular weight is 332 g/mol. The number of rotatable bonds is 3. The number of aryl methyl sites for hydroxylation is 1. The third-order valence-electron chi connectivity index (χ3n) is 3.83. The summed E-state index contributed by atoms with van der Waals surface area (Å²) < 4.78 is 7.29. The number of hydrogen-bond donors (Lipinski definition) is 1. The van der Waals surface area contributed by atoms with Gasteiger partial charge in [0.15, 0.2) is 0 Å². The van der Waals surface area contributed by atoms with Crippen molar-refractivity contribution in [2.24, 2.45) is 5.73 Å². The lowest BCUT2D eigenvalue weighted by molar-refractivity contribution is 0.181. The Morgan fingerprint density at radius 2 is 2.05 bits per heavy atom. The van der Waals surface area contributed by atoms with E-state index in [2.05, 4.69) is 40.2 Å². The molecule has 2 aromatic rings. The van der Waals surface area contributed by atoms with Crippen LogP contribution in [0.5, 0.6) is 5.75 Å². The molecule has 0 saturated carbocycles. The second-order valence-corrected chi connectivity index (χ2v) is 6.07. The molecule has 2 aromatic carbocycles. The van der Waals surface area contributed by atoms with Crippen molar-refractivity contribution in [2.45, 2.75) is 31.9 Å². The third-order valence-corrected chi connectivity index (χ3v) is 4.32. The van der Waals surface area contributed by atoms with Crippen LogP contribution in [-0.4, -0.2) is 0 Å². The van der Waals surface area contributed by atoms with Crippen LogP contribution in [0.15, 0.2) is 46.9 Å². The Hall–Kier alpha value is -1.32. The van der Waals surface area contributed by atoms with E-state index in [1.54, 1.807) is 0 Å². The molecule has 0 spiro atoms. The monoisotopic (exact) mass is 331 g/mol. The maximum Gasteiger partial charge on any atom is 0.124 e. The summed E-state index contributed by atoms with van der Waals surface area (Å²) in [4.78, 5) is 0. The molecule has 1 unspecified atom stereocenters. The molecule has 3 heteroatoms. The van der Waals surface area contributed by atoms with Gasteiger partial charge in [0.25, 0.3) is 0 Å². The predicted molar refractivity (Wildman–Crippen MR) is 84.8 cm³/mol. The van der Waals surface area contributed by atoms with Gasteiger partial charge in [-0.1, -0.05) is 40.2 Å². The van der Waals surface area contributed by atoms with Gasteiger partial charge in [0.1, 0.15) is 11.9 Å². The first-order valence-corrected chi connectivity index (χ1v) is 7.80. The minimum absolute atomic E-state index is 0.145. The molecule has 0 saturated heterocycles. The normalized spacial score (nSPS) is 17.6. The Balaban J connectivity index is 1.89. The molecular formula is C17H18BrNO. The number of ether oxygens (including phenoxy) is 1. The highest BCUT2D eigenvalue weighted by atomic mass is 79.9. The van der Waals surface area contributed by atoms with E-state index in [9.17, 15) is 0 Å². The van der Waals surface area contributed by atoms with Gasteiger partial charge in [0, 0.05) is 16.6 Å². The molecule has 0 aliphatic heterocycles. The van der Waals surface area contributed by atoms with Gasteiger partial charge in [-0.15, -0.1) is 0 Å². The van der Waals surface area contributed by atoms with Crippen molar-refractivity contribution in [3.8, 4) is 5.75 Å². The van der Waals surface area contributed by atoms with Crippen molar-refractivity contribution in [3.05, 3.63) is 63.6 Å². The summed E-state index contributed by atoms with van der Waals surface area (Å²) in [5.74, 6) is 0.900. The van der Waals surface area contributed by atoms with E-state index >= 15 is 0 Å². The van der Waals surface area contributed by atoms with Crippen molar-refractivity contribution in [3.63, 3.8) is 0 Å². The van der Waals surface area contributed by atoms with Crippen LogP contribution in [0.4, 0.5) is 0 Å². The van der Waals surface area contributed by atoms with E-state index < -0.39 is 0 Å². The Morgan fingerprint density at radius 1 is 1.20 bits per heavy atom. The topological polar surface area (TPSA) is 35.2 Å². The summed E-state index contributed by atoms with van der Waals surface area (Å²) in [5, 5.41) is 0. The lowest BCUT2D eigenvalue weighted by Gasteiger charge is -2.27. The summed E-state index contributed by atoms with van der Waals surface area (Å²) in [6.45, 7) is 0.489. The van der Waals surface area contributed by atoms with Gasteiger partial charge >= 0.3 is 0 Å². The lowest BCUT2D eigenvalue weighted by Crippen LogP contribution is -2.16. The molecule has 104 valence electrons. The standard InChI is InChI=1S/C17H18BrNO/c18-14-8-9-16(13(10-14)11-19)20-17-7-3-5-12-4-1-2-6-15(12)17/h1-2,4,6,8-10,17H,3,5,7,11,19H2. The molecule has 0 heterocycles. The van der Waals surface area contributed by atoms with Crippen molar-refractivity contribution in [1.29, 1.82) is 0 Å². The molecule has 0 fully saturated rings. The molecule has 2 nitrogen and oxygen atoms in total. The predicted octanol–water partition coefficient (Wildman–Crippen LogP) is 4.36. The number of benzene rings is 2. The zero-order chi connectivity index (χ0) is 13.9. The maximum absolute atomic E-state index is 6.26. The van der Waals surface area contributed by atoms with Crippen LogP contribution >= 0.6 is 15.9 Å². The van der Waals surface area contributed by atoms with Gasteiger partial charge in [-0.05, 0) is 48.6 Å². The summed E-state index contributed by atoms with van der Waals surface area (Å²) >= 11 is 3.48. The summed E-state index contributed by atoms with van der Waals surface area (Å²) in [6.07, 6.45) is 3.54. The Kier molecular flexibility index (Phi) is 4.08. The van der Waals surface area contributed by atoms with Crippen LogP contribution in [0.2, 0.25) is 0 Å². The fourth-order valence-electron chi connectivity index (χ4n) is 2.81. The van der Waals surface area contributed by atoms with Crippen molar-refractivity contribution < 1.29 is 4.74 Å². The molecule has 0 amide bonds. The van der Waals surface area contributed by atoms with E-state index in [1.807, 2.05) is 18.2 Å². The molecule has 3 rings (SSSR count). The summed E-state index contributed by atoms with van der Waals surface area (Å²) in [7, 11) is 0. The molecule has 20 heavy (non-hydrogen) atoms. The van der Waals surface area contributed by atoms with E-state index in [0.29, 0.717) is 6.54 Å². The zero-order valence-corrected chi connectivity index (χ0v) is 12.9. The first-order chi connectivity index (χ1) is 9.78. The molecule has 1 atom stereocenters. The fourth-order valence-corrected chi connectivity index (χ4v) is 3.22. The zero-order valence-electron chi connectivity index (χ0n) is 11.3. The molecule has 0 aromatic heterocycles. The largest absolute Gasteiger partial charge is 0.485 e. The molecular weight excluding hydrogens is 314 g/mol. The highest BCUT2D eigenvalue weighted by Gasteiger charge is 2.21. The average Bonchev–Trinajstić information content (AvgIpc) is 2.49. The molecule has 0 bridgehead atoms. The molecule has 0 radical (unpaired) electrons. The van der Waals surface area contributed by atoms with Gasteiger partial charge in [-0.2, -0.15) is 0 Å². The van der Waals surface area contributed by atoms with E-state index in [0.717, 1.165) is 28.6 Å². The quantitative estimate of drug-likeness (QED) is 0.906. The van der Waals surface area contributed by atoms with Crippen LogP contribution in [0.1, 0.15) is 35.6 Å². The minimum atomic E-state index is 0.145. The van der Waals surface area contributed by atoms with Crippen molar-refractivity contribution in [1.82, 2.24) is 0 Å². The molecule has 1 aliphatic carbocycles. The van der Waals surface area contributed by atoms with Gasteiger partial charge in [-0.3, -0.25) is 0 Å². The van der Waals surface area contributed by atoms with Crippen LogP contribution < -0.4 is 10.5 Å². The number of halogens is 1. The second kappa shape index (κ2) is 5.98. The summed E-state index contributed by atoms with van der Waals surface area (Å²) in [6, 6.07) is 14.6. The lowest BCUT2D eigenvalue weighted by atomic mass is 9.89. The van der Waals surface area contributed by atoms with Crippen LogP contribution in [0.3, 0.4) is 0 Å². The SMILES string of the molecule is NCc1cc(Br)ccc1OC1CCCc2ccccc21. The number of fused-ring (bicyclic) bond motifs is 1. The molecule has 1 aliphatic rings.